The first kappa shape index (κ1) is 12.6. The van der Waals surface area contributed by atoms with Gasteiger partial charge in [0, 0.05) is 12.6 Å². The molecule has 1 aromatic carbocycles. The third-order valence-corrected chi connectivity index (χ3v) is 3.52. The molecule has 1 N–H and O–H groups in total. The lowest BCUT2D eigenvalue weighted by Crippen LogP contribution is -2.22. The molecule has 0 spiro atoms. The van der Waals surface area contributed by atoms with E-state index >= 15 is 0 Å². The molecule has 0 saturated carbocycles. The fourth-order valence-corrected chi connectivity index (χ4v) is 2.72. The van der Waals surface area contributed by atoms with E-state index in [9.17, 15) is 0 Å². The quantitative estimate of drug-likeness (QED) is 0.862. The molecular weight excluding hydrogens is 210 g/mol. The second-order valence-corrected chi connectivity index (χ2v) is 5.13. The summed E-state index contributed by atoms with van der Waals surface area (Å²) in [6.45, 7) is 5.26. The van der Waals surface area contributed by atoms with E-state index in [1.165, 1.54) is 29.5 Å². The van der Waals surface area contributed by atoms with Crippen molar-refractivity contribution in [2.24, 2.45) is 0 Å². The van der Waals surface area contributed by atoms with Crippen LogP contribution in [0.15, 0.2) is 18.2 Å². The number of ether oxygens (including phenoxy) is 1. The fraction of sp³-hybridized carbons (Fsp3) is 0.600. The smallest absolute Gasteiger partial charge is 0.0594 e. The number of hydrogen-bond acceptors (Lipinski definition) is 2. The van der Waals surface area contributed by atoms with Gasteiger partial charge in [0.05, 0.1) is 6.10 Å². The molecule has 1 fully saturated rings. The summed E-state index contributed by atoms with van der Waals surface area (Å²) in [5.41, 5.74) is 4.07. The van der Waals surface area contributed by atoms with Gasteiger partial charge in [0.2, 0.25) is 0 Å². The van der Waals surface area contributed by atoms with Crippen LogP contribution >= 0.6 is 0 Å². The van der Waals surface area contributed by atoms with Gasteiger partial charge in [0.25, 0.3) is 0 Å². The Balaban J connectivity index is 2.10. The van der Waals surface area contributed by atoms with Crippen molar-refractivity contribution < 1.29 is 4.74 Å². The first-order valence-electron chi connectivity index (χ1n) is 6.56. The summed E-state index contributed by atoms with van der Waals surface area (Å²) >= 11 is 0. The van der Waals surface area contributed by atoms with Crippen molar-refractivity contribution in [2.75, 3.05) is 13.7 Å². The van der Waals surface area contributed by atoms with Crippen LogP contribution in [0, 0.1) is 13.8 Å². The van der Waals surface area contributed by atoms with Gasteiger partial charge in [0.1, 0.15) is 0 Å². The number of aryl methyl sites for hydroxylation is 2. The highest BCUT2D eigenvalue weighted by Crippen LogP contribution is 2.26. The zero-order valence-electron chi connectivity index (χ0n) is 11.1. The summed E-state index contributed by atoms with van der Waals surface area (Å²) in [4.78, 5) is 0. The van der Waals surface area contributed by atoms with E-state index in [1.54, 1.807) is 0 Å². The lowest BCUT2D eigenvalue weighted by Gasteiger charge is -2.21. The Morgan fingerprint density at radius 1 is 1.29 bits per heavy atom. The molecular formula is C15H23NO. The van der Waals surface area contributed by atoms with Gasteiger partial charge in [-0.3, -0.25) is 0 Å². The lowest BCUT2D eigenvalue weighted by molar-refractivity contribution is 0.0954. The van der Waals surface area contributed by atoms with E-state index in [4.69, 9.17) is 4.74 Å². The molecule has 0 radical (unpaired) electrons. The van der Waals surface area contributed by atoms with Crippen molar-refractivity contribution in [1.82, 2.24) is 5.32 Å². The van der Waals surface area contributed by atoms with Crippen LogP contribution in [0.1, 0.15) is 42.0 Å². The summed E-state index contributed by atoms with van der Waals surface area (Å²) < 4.78 is 5.73. The first-order valence-corrected chi connectivity index (χ1v) is 6.56. The Morgan fingerprint density at radius 3 is 2.53 bits per heavy atom. The molecule has 2 unspecified atom stereocenters. The number of hydrogen-bond donors (Lipinski definition) is 1. The fourth-order valence-electron chi connectivity index (χ4n) is 2.72. The second kappa shape index (κ2) is 5.65. The van der Waals surface area contributed by atoms with Crippen molar-refractivity contribution in [3.8, 4) is 0 Å². The third kappa shape index (κ3) is 3.30. The molecule has 2 nitrogen and oxygen atoms in total. The van der Waals surface area contributed by atoms with E-state index in [0.29, 0.717) is 12.1 Å². The Morgan fingerprint density at radius 2 is 2.00 bits per heavy atom. The molecule has 1 aliphatic rings. The predicted octanol–water partition coefficient (Wildman–Crippen LogP) is 3.13. The molecule has 0 bridgehead atoms. The maximum atomic E-state index is 5.73. The normalized spacial score (nSPS) is 21.7. The first-order chi connectivity index (χ1) is 8.19. The minimum Gasteiger partial charge on any atom is -0.378 e. The van der Waals surface area contributed by atoms with Gasteiger partial charge in [-0.1, -0.05) is 29.3 Å². The number of nitrogens with one attached hydrogen (secondary N) is 1. The van der Waals surface area contributed by atoms with Crippen molar-refractivity contribution in [2.45, 2.75) is 45.3 Å². The minimum atomic E-state index is 0.414. The van der Waals surface area contributed by atoms with Crippen LogP contribution in [0.2, 0.25) is 0 Å². The molecule has 17 heavy (non-hydrogen) atoms. The van der Waals surface area contributed by atoms with Crippen LogP contribution < -0.4 is 5.32 Å². The summed E-state index contributed by atoms with van der Waals surface area (Å²) in [6, 6.07) is 7.20. The van der Waals surface area contributed by atoms with E-state index in [-0.39, 0.29) is 0 Å². The van der Waals surface area contributed by atoms with Gasteiger partial charge in [-0.25, -0.2) is 0 Å². The maximum Gasteiger partial charge on any atom is 0.0594 e. The molecule has 2 atom stereocenters. The average molecular weight is 233 g/mol. The van der Waals surface area contributed by atoms with E-state index in [1.807, 2.05) is 7.05 Å². The number of benzene rings is 1. The van der Waals surface area contributed by atoms with Gasteiger partial charge >= 0.3 is 0 Å². The van der Waals surface area contributed by atoms with Crippen molar-refractivity contribution in [3.63, 3.8) is 0 Å². The van der Waals surface area contributed by atoms with Gasteiger partial charge in [0.15, 0.2) is 0 Å². The minimum absolute atomic E-state index is 0.414. The van der Waals surface area contributed by atoms with Crippen molar-refractivity contribution in [3.05, 3.63) is 34.9 Å². The molecule has 0 aromatic heterocycles. The molecule has 0 aliphatic carbocycles. The largest absolute Gasteiger partial charge is 0.378 e. The molecule has 1 saturated heterocycles. The highest BCUT2D eigenvalue weighted by Gasteiger charge is 2.21. The zero-order chi connectivity index (χ0) is 12.3. The molecule has 1 aromatic rings. The van der Waals surface area contributed by atoms with Crippen LogP contribution in [0.4, 0.5) is 0 Å². The topological polar surface area (TPSA) is 21.3 Å². The SMILES string of the molecule is CNC(CC1CCCO1)c1cc(C)cc(C)c1. The van der Waals surface area contributed by atoms with Gasteiger partial charge in [-0.15, -0.1) is 0 Å². The highest BCUT2D eigenvalue weighted by molar-refractivity contribution is 5.30. The Labute approximate surface area is 104 Å². The third-order valence-electron chi connectivity index (χ3n) is 3.52. The van der Waals surface area contributed by atoms with Gasteiger partial charge in [-0.05, 0) is 45.7 Å². The number of rotatable bonds is 4. The highest BCUT2D eigenvalue weighted by atomic mass is 16.5. The molecule has 94 valence electrons. The predicted molar refractivity (Wildman–Crippen MR) is 71.3 cm³/mol. The molecule has 0 amide bonds. The Kier molecular flexibility index (Phi) is 4.19. The van der Waals surface area contributed by atoms with E-state index in [0.717, 1.165) is 13.0 Å². The van der Waals surface area contributed by atoms with Crippen LogP contribution in [-0.2, 0) is 4.74 Å². The Hall–Kier alpha value is -0.860. The molecule has 1 aliphatic heterocycles. The van der Waals surface area contributed by atoms with Crippen LogP contribution in [0.25, 0.3) is 0 Å². The summed E-state index contributed by atoms with van der Waals surface area (Å²) in [6.07, 6.45) is 3.95. The molecule has 2 rings (SSSR count). The summed E-state index contributed by atoms with van der Waals surface area (Å²) in [5, 5.41) is 3.42. The van der Waals surface area contributed by atoms with Gasteiger partial charge < -0.3 is 10.1 Å². The van der Waals surface area contributed by atoms with Crippen LogP contribution in [0.3, 0.4) is 0 Å². The Bertz CT molecular complexity index is 349. The van der Waals surface area contributed by atoms with E-state index < -0.39 is 0 Å². The van der Waals surface area contributed by atoms with Crippen LogP contribution in [-0.4, -0.2) is 19.8 Å². The molecule has 1 heterocycles. The average Bonchev–Trinajstić information content (AvgIpc) is 2.77. The van der Waals surface area contributed by atoms with Crippen molar-refractivity contribution in [1.29, 1.82) is 0 Å². The van der Waals surface area contributed by atoms with Crippen LogP contribution in [0.5, 0.6) is 0 Å². The lowest BCUT2D eigenvalue weighted by atomic mass is 9.96. The zero-order valence-corrected chi connectivity index (χ0v) is 11.1. The standard InChI is InChI=1S/C15H23NO/c1-11-7-12(2)9-13(8-11)15(16-3)10-14-5-4-6-17-14/h7-9,14-16H,4-6,10H2,1-3H3. The summed E-state index contributed by atoms with van der Waals surface area (Å²) in [7, 11) is 2.04. The van der Waals surface area contributed by atoms with E-state index in [2.05, 4.69) is 37.4 Å². The second-order valence-electron chi connectivity index (χ2n) is 5.13. The molecule has 2 heteroatoms. The van der Waals surface area contributed by atoms with Gasteiger partial charge in [-0.2, -0.15) is 0 Å². The van der Waals surface area contributed by atoms with Crippen molar-refractivity contribution >= 4 is 0 Å². The summed E-state index contributed by atoms with van der Waals surface area (Å²) in [5.74, 6) is 0. The maximum absolute atomic E-state index is 5.73. The monoisotopic (exact) mass is 233 g/mol.